The highest BCUT2D eigenvalue weighted by Crippen LogP contribution is 2.38. The number of thiazole rings is 1. The van der Waals surface area contributed by atoms with Crippen LogP contribution in [0, 0.1) is 13.8 Å². The molecule has 5 rings (SSSR count). The Morgan fingerprint density at radius 3 is 2.13 bits per heavy atom. The molecule has 202 valence electrons. The molecule has 0 radical (unpaired) electrons. The number of pyridine rings is 1. The van der Waals surface area contributed by atoms with E-state index in [-0.39, 0.29) is 10.5 Å². The number of thioether (sulfide) groups is 1. The highest BCUT2D eigenvalue weighted by molar-refractivity contribution is 8.11. The van der Waals surface area contributed by atoms with Gasteiger partial charge in [-0.25, -0.2) is 13.0 Å². The molecule has 0 saturated heterocycles. The van der Waals surface area contributed by atoms with Gasteiger partial charge in [0.25, 0.3) is 5.56 Å². The molecule has 10 heteroatoms. The maximum Gasteiger partial charge on any atom is 0.271 e. The number of hydrogen-bond acceptors (Lipinski definition) is 7. The smallest absolute Gasteiger partial charge is 0.271 e. The molecule has 0 spiro atoms. The van der Waals surface area contributed by atoms with Crippen LogP contribution in [0.15, 0.2) is 93.7 Å². The molecule has 0 N–H and O–H groups in total. The van der Waals surface area contributed by atoms with E-state index in [2.05, 4.69) is 54.5 Å². The third kappa shape index (κ3) is 6.59. The standard InChI is InChI=1S/C22H22N3OS2.C7H8O3S/c1-15-8-10-17(11-9-15)25-16(2)14-27-22(25)20-21(26)24(4)19(28-20)13-18-7-5-6-12-23(18)3;1-6-2-4-7(5-3-6)11(8,9)10/h5-14H,1-4H3;2-5H,1H3,(H,8,9,10)/q+1;/p-1/b22-20+;. The molecule has 0 amide bonds. The van der Waals surface area contributed by atoms with Gasteiger partial charge in [0.1, 0.15) is 31.4 Å². The van der Waals surface area contributed by atoms with E-state index < -0.39 is 10.1 Å². The molecule has 0 bridgehead atoms. The van der Waals surface area contributed by atoms with Crippen LogP contribution in [0.4, 0.5) is 5.69 Å². The number of hydrogen-bond donors (Lipinski definition) is 0. The second-order valence-electron chi connectivity index (χ2n) is 9.13. The van der Waals surface area contributed by atoms with Gasteiger partial charge >= 0.3 is 0 Å². The Labute approximate surface area is 236 Å². The molecule has 1 aliphatic rings. The third-order valence-electron chi connectivity index (χ3n) is 6.10. The van der Waals surface area contributed by atoms with Crippen LogP contribution in [-0.4, -0.2) is 17.5 Å². The minimum Gasteiger partial charge on any atom is -0.744 e. The number of benzene rings is 2. The van der Waals surface area contributed by atoms with Crippen LogP contribution in [0.25, 0.3) is 11.1 Å². The first-order valence-electron chi connectivity index (χ1n) is 12.0. The fourth-order valence-electron chi connectivity index (χ4n) is 3.82. The lowest BCUT2D eigenvalue weighted by Crippen LogP contribution is -2.34. The van der Waals surface area contributed by atoms with E-state index in [0.29, 0.717) is 0 Å². The SMILES string of the molecule is CC1=CS/C(=c2/s/c(=C\c3cccc[n+]3C)n(C)c2=O)N1c1ccc(C)cc1.Cc1ccc(S(=O)(=O)[O-])cc1. The van der Waals surface area contributed by atoms with Crippen molar-refractivity contribution in [1.82, 2.24) is 4.57 Å². The molecular formula is C29H29N3O4S3. The monoisotopic (exact) mass is 579 g/mol. The zero-order valence-corrected chi connectivity index (χ0v) is 24.7. The zero-order valence-electron chi connectivity index (χ0n) is 22.3. The van der Waals surface area contributed by atoms with Crippen LogP contribution in [-0.2, 0) is 24.2 Å². The van der Waals surface area contributed by atoms with Crippen molar-refractivity contribution in [2.24, 2.45) is 14.1 Å². The number of rotatable bonds is 3. The van der Waals surface area contributed by atoms with Gasteiger partial charge in [0.15, 0.2) is 6.20 Å². The molecule has 7 nitrogen and oxygen atoms in total. The van der Waals surface area contributed by atoms with Crippen molar-refractivity contribution in [3.8, 4) is 0 Å². The predicted molar refractivity (Wildman–Crippen MR) is 158 cm³/mol. The van der Waals surface area contributed by atoms with Crippen LogP contribution < -0.4 is 24.2 Å². The number of aromatic nitrogens is 2. The number of nitrogens with zero attached hydrogens (tertiary/aromatic N) is 3. The van der Waals surface area contributed by atoms with Crippen molar-refractivity contribution in [2.45, 2.75) is 25.7 Å². The Bertz CT molecular complexity index is 1820. The van der Waals surface area contributed by atoms with Gasteiger partial charge in [-0.1, -0.05) is 47.2 Å². The summed E-state index contributed by atoms with van der Waals surface area (Å²) in [6, 6.07) is 20.2. The minimum absolute atomic E-state index is 0.0394. The highest BCUT2D eigenvalue weighted by Gasteiger charge is 2.23. The van der Waals surface area contributed by atoms with Crippen LogP contribution in [0.5, 0.6) is 0 Å². The quantitative estimate of drug-likeness (QED) is 0.273. The maximum absolute atomic E-state index is 13.1. The predicted octanol–water partition coefficient (Wildman–Crippen LogP) is 3.49. The van der Waals surface area contributed by atoms with Crippen LogP contribution >= 0.6 is 23.1 Å². The summed E-state index contributed by atoms with van der Waals surface area (Å²) in [6.07, 6.45) is 4.07. The molecule has 3 heterocycles. The zero-order chi connectivity index (χ0) is 28.3. The van der Waals surface area contributed by atoms with E-state index >= 15 is 0 Å². The average Bonchev–Trinajstić information content (AvgIpc) is 3.40. The minimum atomic E-state index is -4.27. The van der Waals surface area contributed by atoms with E-state index in [4.69, 9.17) is 0 Å². The Hall–Kier alpha value is -3.44. The van der Waals surface area contributed by atoms with Gasteiger partial charge in [0.2, 0.25) is 5.69 Å². The second kappa shape index (κ2) is 11.7. The lowest BCUT2D eigenvalue weighted by molar-refractivity contribution is -0.673. The van der Waals surface area contributed by atoms with Crippen LogP contribution in [0.2, 0.25) is 0 Å². The molecule has 0 aliphatic carbocycles. The highest BCUT2D eigenvalue weighted by atomic mass is 32.2. The molecule has 2 aromatic heterocycles. The summed E-state index contributed by atoms with van der Waals surface area (Å²) < 4.78 is 36.7. The van der Waals surface area contributed by atoms with Gasteiger partial charge < -0.3 is 14.0 Å². The molecule has 2 aromatic carbocycles. The molecule has 0 unspecified atom stereocenters. The Balaban J connectivity index is 0.000000270. The Morgan fingerprint density at radius 2 is 1.54 bits per heavy atom. The van der Waals surface area contributed by atoms with Gasteiger partial charge in [-0.15, -0.1) is 11.3 Å². The Kier molecular flexibility index (Phi) is 8.60. The van der Waals surface area contributed by atoms with Gasteiger partial charge in [-0.3, -0.25) is 4.79 Å². The summed E-state index contributed by atoms with van der Waals surface area (Å²) in [6.45, 7) is 5.98. The van der Waals surface area contributed by atoms with Crippen molar-refractivity contribution in [2.75, 3.05) is 4.90 Å². The first kappa shape index (κ1) is 28.6. The number of anilines is 1. The van der Waals surface area contributed by atoms with E-state index in [1.165, 1.54) is 29.0 Å². The molecule has 0 atom stereocenters. The number of aryl methyl sites for hydroxylation is 3. The topological polar surface area (TPSA) is 86.3 Å². The molecule has 0 fully saturated rings. The van der Waals surface area contributed by atoms with E-state index in [9.17, 15) is 17.8 Å². The molecular weight excluding hydrogens is 551 g/mol. The van der Waals surface area contributed by atoms with E-state index in [0.717, 1.165) is 36.9 Å². The fourth-order valence-corrected chi connectivity index (χ4v) is 6.51. The lowest BCUT2D eigenvalue weighted by atomic mass is 10.2. The molecule has 4 aromatic rings. The van der Waals surface area contributed by atoms with Gasteiger partial charge in [0.05, 0.1) is 4.90 Å². The maximum atomic E-state index is 13.1. The summed E-state index contributed by atoms with van der Waals surface area (Å²) in [5, 5.41) is 3.08. The lowest BCUT2D eigenvalue weighted by Gasteiger charge is -2.21. The average molecular weight is 580 g/mol. The first-order valence-corrected chi connectivity index (χ1v) is 15.2. The number of allylic oxidation sites excluding steroid dienone is 1. The largest absolute Gasteiger partial charge is 0.744 e. The van der Waals surface area contributed by atoms with Crippen molar-refractivity contribution < 1.29 is 17.5 Å². The normalized spacial score (nSPS) is 15.2. The van der Waals surface area contributed by atoms with Crippen molar-refractivity contribution in [3.05, 3.63) is 120 Å². The van der Waals surface area contributed by atoms with E-state index in [1.807, 2.05) is 50.0 Å². The van der Waals surface area contributed by atoms with Crippen molar-refractivity contribution >= 4 is 50.0 Å². The third-order valence-corrected chi connectivity index (χ3v) is 9.32. The summed E-state index contributed by atoms with van der Waals surface area (Å²) in [5.74, 6) is 0. The molecule has 0 saturated carbocycles. The summed E-state index contributed by atoms with van der Waals surface area (Å²) in [7, 11) is -0.422. The van der Waals surface area contributed by atoms with Gasteiger partial charge in [-0.05, 0) is 56.5 Å². The second-order valence-corrected chi connectivity index (χ2v) is 12.4. The van der Waals surface area contributed by atoms with Gasteiger partial charge in [0, 0.05) is 36.6 Å². The summed E-state index contributed by atoms with van der Waals surface area (Å²) >= 11 is 3.15. The Morgan fingerprint density at radius 1 is 0.923 bits per heavy atom. The molecule has 39 heavy (non-hydrogen) atoms. The summed E-state index contributed by atoms with van der Waals surface area (Å²) in [5.41, 5.74) is 5.45. The van der Waals surface area contributed by atoms with E-state index in [1.54, 1.807) is 28.5 Å². The van der Waals surface area contributed by atoms with Crippen molar-refractivity contribution in [3.63, 3.8) is 0 Å². The summed E-state index contributed by atoms with van der Waals surface area (Å²) in [4.78, 5) is 15.0. The van der Waals surface area contributed by atoms with Crippen molar-refractivity contribution in [1.29, 1.82) is 0 Å². The molecule has 1 aliphatic heterocycles. The van der Waals surface area contributed by atoms with Crippen LogP contribution in [0.3, 0.4) is 0 Å². The van der Waals surface area contributed by atoms with Gasteiger partial charge in [-0.2, -0.15) is 0 Å². The first-order chi connectivity index (χ1) is 18.5. The fraction of sp³-hybridized carbons (Fsp3) is 0.172. The van der Waals surface area contributed by atoms with Crippen LogP contribution in [0.1, 0.15) is 23.7 Å².